The van der Waals surface area contributed by atoms with Crippen LogP contribution in [0.1, 0.15) is 51.6 Å². The molecule has 5 atom stereocenters. The monoisotopic (exact) mass is 483 g/mol. The summed E-state index contributed by atoms with van der Waals surface area (Å²) >= 11 is 0. The molecule has 2 saturated heterocycles. The van der Waals surface area contributed by atoms with Crippen LogP contribution in [0.15, 0.2) is 12.3 Å². The molecule has 4 rings (SSSR count). The average molecular weight is 484 g/mol. The standard InChI is InChI=1S/C24H36F3N5O2/c1-16-15-34-13-3-4-20(16)29-19-6-5-18(14-19)17(2)22(33)31-9-11-32(12-10-31)23-28-8-7-21(30-23)24(25,26)27/h7-8,16-20,29H,3-6,9-15H2,1-2H3. The molecule has 0 bridgehead atoms. The minimum absolute atomic E-state index is 0.0574. The molecule has 34 heavy (non-hydrogen) atoms. The first kappa shape index (κ1) is 25.2. The number of alkyl halides is 3. The van der Waals surface area contributed by atoms with Crippen molar-refractivity contribution in [1.29, 1.82) is 0 Å². The van der Waals surface area contributed by atoms with Crippen molar-refractivity contribution in [2.75, 3.05) is 44.3 Å². The molecular formula is C24H36F3N5O2. The second kappa shape index (κ2) is 10.8. The third-order valence-electron chi connectivity index (χ3n) is 7.70. The zero-order chi connectivity index (χ0) is 24.3. The number of amides is 1. The third kappa shape index (κ3) is 6.00. The van der Waals surface area contributed by atoms with E-state index >= 15 is 0 Å². The second-order valence-corrected chi connectivity index (χ2v) is 10.1. The zero-order valence-corrected chi connectivity index (χ0v) is 20.1. The molecule has 3 fully saturated rings. The molecule has 0 radical (unpaired) electrons. The number of nitrogens with one attached hydrogen (secondary N) is 1. The van der Waals surface area contributed by atoms with Gasteiger partial charge in [0.05, 0.1) is 6.61 Å². The Morgan fingerprint density at radius 2 is 1.97 bits per heavy atom. The highest BCUT2D eigenvalue weighted by molar-refractivity contribution is 5.79. The van der Waals surface area contributed by atoms with Gasteiger partial charge in [0, 0.05) is 57.0 Å². The van der Waals surface area contributed by atoms with Gasteiger partial charge in [-0.05, 0) is 50.0 Å². The second-order valence-electron chi connectivity index (χ2n) is 10.1. The minimum Gasteiger partial charge on any atom is -0.381 e. The molecule has 2 aliphatic heterocycles. The molecule has 1 aliphatic carbocycles. The van der Waals surface area contributed by atoms with Crippen molar-refractivity contribution < 1.29 is 22.7 Å². The van der Waals surface area contributed by atoms with Gasteiger partial charge in [0.1, 0.15) is 5.69 Å². The van der Waals surface area contributed by atoms with Crippen LogP contribution >= 0.6 is 0 Å². The summed E-state index contributed by atoms with van der Waals surface area (Å²) in [6.07, 6.45) is 2.00. The molecule has 5 unspecified atom stereocenters. The van der Waals surface area contributed by atoms with Gasteiger partial charge in [0.15, 0.2) is 0 Å². The maximum Gasteiger partial charge on any atom is 0.433 e. The maximum atomic E-state index is 13.2. The fraction of sp³-hybridized carbons (Fsp3) is 0.792. The van der Waals surface area contributed by atoms with Crippen LogP contribution in [0.25, 0.3) is 0 Å². The quantitative estimate of drug-likeness (QED) is 0.693. The van der Waals surface area contributed by atoms with E-state index in [1.165, 1.54) is 0 Å². The van der Waals surface area contributed by atoms with Crippen molar-refractivity contribution in [3.05, 3.63) is 18.0 Å². The fourth-order valence-corrected chi connectivity index (χ4v) is 5.52. The Bertz CT molecular complexity index is 831. The van der Waals surface area contributed by atoms with Gasteiger partial charge in [-0.3, -0.25) is 4.79 Å². The summed E-state index contributed by atoms with van der Waals surface area (Å²) in [5.74, 6) is 1.01. The Labute approximate surface area is 199 Å². The fourth-order valence-electron chi connectivity index (χ4n) is 5.52. The molecule has 3 aliphatic rings. The number of halogens is 3. The Balaban J connectivity index is 1.26. The number of ether oxygens (including phenoxy) is 1. The first-order valence-electron chi connectivity index (χ1n) is 12.5. The lowest BCUT2D eigenvalue weighted by molar-refractivity contribution is -0.141. The molecular weight excluding hydrogens is 447 g/mol. The van der Waals surface area contributed by atoms with Crippen LogP contribution in [-0.4, -0.2) is 72.3 Å². The summed E-state index contributed by atoms with van der Waals surface area (Å²) in [4.78, 5) is 24.4. The summed E-state index contributed by atoms with van der Waals surface area (Å²) < 4.78 is 44.6. The average Bonchev–Trinajstić information content (AvgIpc) is 3.20. The van der Waals surface area contributed by atoms with Gasteiger partial charge in [0.25, 0.3) is 0 Å². The summed E-state index contributed by atoms with van der Waals surface area (Å²) in [7, 11) is 0. The highest BCUT2D eigenvalue weighted by atomic mass is 19.4. The van der Waals surface area contributed by atoms with Crippen LogP contribution < -0.4 is 10.2 Å². The van der Waals surface area contributed by atoms with Gasteiger partial charge < -0.3 is 19.9 Å². The Morgan fingerprint density at radius 3 is 2.71 bits per heavy atom. The van der Waals surface area contributed by atoms with Gasteiger partial charge in [-0.1, -0.05) is 13.8 Å². The number of carbonyl (C=O) groups is 1. The van der Waals surface area contributed by atoms with E-state index in [0.717, 1.165) is 57.6 Å². The topological polar surface area (TPSA) is 70.6 Å². The molecule has 190 valence electrons. The van der Waals surface area contributed by atoms with Gasteiger partial charge in [-0.15, -0.1) is 0 Å². The Kier molecular flexibility index (Phi) is 7.97. The summed E-state index contributed by atoms with van der Waals surface area (Å²) in [6.45, 7) is 7.71. The lowest BCUT2D eigenvalue weighted by Crippen LogP contribution is -2.51. The predicted molar refractivity (Wildman–Crippen MR) is 122 cm³/mol. The molecule has 1 aromatic heterocycles. The number of hydrogen-bond donors (Lipinski definition) is 1. The molecule has 0 spiro atoms. The number of anilines is 1. The van der Waals surface area contributed by atoms with Gasteiger partial charge in [0.2, 0.25) is 11.9 Å². The smallest absolute Gasteiger partial charge is 0.381 e. The number of piperazine rings is 1. The molecule has 1 aromatic rings. The van der Waals surface area contributed by atoms with Gasteiger partial charge in [-0.25, -0.2) is 9.97 Å². The van der Waals surface area contributed by atoms with Crippen molar-refractivity contribution >= 4 is 11.9 Å². The number of nitrogens with zero attached hydrogens (tertiary/aromatic N) is 4. The van der Waals surface area contributed by atoms with Crippen molar-refractivity contribution in [2.45, 2.75) is 64.2 Å². The molecule has 10 heteroatoms. The number of carbonyl (C=O) groups excluding carboxylic acids is 1. The van der Waals surface area contributed by atoms with Crippen molar-refractivity contribution in [3.8, 4) is 0 Å². The van der Waals surface area contributed by atoms with Crippen LogP contribution in [0.2, 0.25) is 0 Å². The first-order chi connectivity index (χ1) is 16.2. The van der Waals surface area contributed by atoms with Crippen LogP contribution in [0, 0.1) is 17.8 Å². The molecule has 7 nitrogen and oxygen atoms in total. The van der Waals surface area contributed by atoms with E-state index in [0.29, 0.717) is 50.1 Å². The summed E-state index contributed by atoms with van der Waals surface area (Å²) in [6, 6.07) is 1.79. The zero-order valence-electron chi connectivity index (χ0n) is 20.1. The predicted octanol–water partition coefficient (Wildman–Crippen LogP) is 3.35. The molecule has 1 N–H and O–H groups in total. The minimum atomic E-state index is -4.50. The van der Waals surface area contributed by atoms with E-state index in [2.05, 4.69) is 22.2 Å². The van der Waals surface area contributed by atoms with Gasteiger partial charge in [-0.2, -0.15) is 13.2 Å². The van der Waals surface area contributed by atoms with Crippen molar-refractivity contribution in [1.82, 2.24) is 20.2 Å². The highest BCUT2D eigenvalue weighted by Crippen LogP contribution is 2.34. The summed E-state index contributed by atoms with van der Waals surface area (Å²) in [5.41, 5.74) is -0.945. The van der Waals surface area contributed by atoms with E-state index in [1.54, 1.807) is 4.90 Å². The first-order valence-corrected chi connectivity index (χ1v) is 12.5. The lowest BCUT2D eigenvalue weighted by Gasteiger charge is -2.37. The van der Waals surface area contributed by atoms with Crippen LogP contribution in [0.5, 0.6) is 0 Å². The van der Waals surface area contributed by atoms with E-state index in [4.69, 9.17) is 4.74 Å². The van der Waals surface area contributed by atoms with E-state index < -0.39 is 11.9 Å². The molecule has 1 saturated carbocycles. The Hall–Kier alpha value is -1.94. The van der Waals surface area contributed by atoms with Crippen LogP contribution in [0.4, 0.5) is 19.1 Å². The number of aromatic nitrogens is 2. The van der Waals surface area contributed by atoms with Gasteiger partial charge >= 0.3 is 6.18 Å². The van der Waals surface area contributed by atoms with Crippen molar-refractivity contribution in [2.24, 2.45) is 17.8 Å². The van der Waals surface area contributed by atoms with E-state index in [-0.39, 0.29) is 17.8 Å². The summed E-state index contributed by atoms with van der Waals surface area (Å²) in [5, 5.41) is 3.84. The highest BCUT2D eigenvalue weighted by Gasteiger charge is 2.37. The van der Waals surface area contributed by atoms with Crippen LogP contribution in [-0.2, 0) is 15.7 Å². The largest absolute Gasteiger partial charge is 0.433 e. The van der Waals surface area contributed by atoms with E-state index in [1.807, 2.05) is 11.8 Å². The SMILES string of the molecule is CC1COCCCC1NC1CCC(C(C)C(=O)N2CCN(c3nccc(C(F)(F)F)n3)CC2)C1. The maximum absolute atomic E-state index is 13.2. The normalized spacial score (nSPS) is 29.7. The Morgan fingerprint density at radius 1 is 1.21 bits per heavy atom. The van der Waals surface area contributed by atoms with Crippen LogP contribution in [0.3, 0.4) is 0 Å². The van der Waals surface area contributed by atoms with E-state index in [9.17, 15) is 18.0 Å². The third-order valence-corrected chi connectivity index (χ3v) is 7.70. The number of rotatable bonds is 5. The molecule has 0 aromatic carbocycles. The number of hydrogen-bond acceptors (Lipinski definition) is 6. The van der Waals surface area contributed by atoms with Crippen molar-refractivity contribution in [3.63, 3.8) is 0 Å². The lowest BCUT2D eigenvalue weighted by atomic mass is 9.90. The molecule has 3 heterocycles. The molecule has 1 amide bonds.